The molecule has 0 unspecified atom stereocenters. The van der Waals surface area contributed by atoms with Crippen molar-refractivity contribution in [1.29, 1.82) is 0 Å². The highest BCUT2D eigenvalue weighted by atomic mass is 14.0. The van der Waals surface area contributed by atoms with Crippen LogP contribution in [0.1, 0.15) is 38.8 Å². The summed E-state index contributed by atoms with van der Waals surface area (Å²) in [4.78, 5) is 0. The summed E-state index contributed by atoms with van der Waals surface area (Å²) in [5, 5.41) is 2.75. The van der Waals surface area contributed by atoms with Crippen molar-refractivity contribution in [3.8, 4) is 0 Å². The van der Waals surface area contributed by atoms with E-state index in [1.807, 2.05) is 27.7 Å². The minimum Gasteiger partial charge on any atom is -0.0683 e. The van der Waals surface area contributed by atoms with Crippen LogP contribution in [0, 0.1) is 13.8 Å². The van der Waals surface area contributed by atoms with Gasteiger partial charge in [-0.3, -0.25) is 0 Å². The highest BCUT2D eigenvalue weighted by Crippen LogP contribution is 2.20. The summed E-state index contributed by atoms with van der Waals surface area (Å²) in [6.07, 6.45) is 0. The summed E-state index contributed by atoms with van der Waals surface area (Å²) in [6, 6.07) is 12.9. The maximum atomic E-state index is 2.18. The Morgan fingerprint density at radius 2 is 0.875 bits per heavy atom. The van der Waals surface area contributed by atoms with Gasteiger partial charge in [0.1, 0.15) is 0 Å². The lowest BCUT2D eigenvalue weighted by Gasteiger charge is -2.03. The number of benzene rings is 2. The summed E-state index contributed by atoms with van der Waals surface area (Å²) < 4.78 is 0. The molecule has 16 heavy (non-hydrogen) atoms. The van der Waals surface area contributed by atoms with Crippen molar-refractivity contribution in [3.05, 3.63) is 47.5 Å². The minimum atomic E-state index is 1.36. The van der Waals surface area contributed by atoms with Crippen LogP contribution in [0.15, 0.2) is 36.4 Å². The average Bonchev–Trinajstić information content (AvgIpc) is 2.36. The van der Waals surface area contributed by atoms with Crippen LogP contribution in [-0.4, -0.2) is 0 Å². The molecule has 0 heteroatoms. The molecule has 0 N–H and O–H groups in total. The largest absolute Gasteiger partial charge is 0.0683 e. The monoisotopic (exact) mass is 216 g/mol. The zero-order valence-corrected chi connectivity index (χ0v) is 11.5. The Kier molecular flexibility index (Phi) is 7.28. The van der Waals surface area contributed by atoms with Gasteiger partial charge in [-0.25, -0.2) is 0 Å². The third kappa shape index (κ3) is 3.37. The molecule has 88 valence electrons. The van der Waals surface area contributed by atoms with Crippen LogP contribution in [0.4, 0.5) is 0 Å². The summed E-state index contributed by atoms with van der Waals surface area (Å²) in [6.45, 7) is 12.3. The first-order chi connectivity index (χ1) is 7.79. The van der Waals surface area contributed by atoms with Crippen molar-refractivity contribution in [2.24, 2.45) is 0 Å². The molecule has 0 nitrogen and oxygen atoms in total. The van der Waals surface area contributed by atoms with E-state index in [0.717, 1.165) is 0 Å². The van der Waals surface area contributed by atoms with Crippen LogP contribution in [-0.2, 0) is 0 Å². The zero-order chi connectivity index (χ0) is 12.6. The van der Waals surface area contributed by atoms with E-state index in [4.69, 9.17) is 0 Å². The number of aryl methyl sites for hydroxylation is 2. The molecule has 0 atom stereocenters. The van der Waals surface area contributed by atoms with Crippen molar-refractivity contribution >= 4 is 10.8 Å². The van der Waals surface area contributed by atoms with E-state index >= 15 is 0 Å². The van der Waals surface area contributed by atoms with Crippen molar-refractivity contribution in [1.82, 2.24) is 0 Å². The number of hydrogen-bond acceptors (Lipinski definition) is 0. The molecule has 0 amide bonds. The molecule has 0 radical (unpaired) electrons. The fourth-order valence-corrected chi connectivity index (χ4v) is 1.62. The molecule has 2 aromatic rings. The van der Waals surface area contributed by atoms with Gasteiger partial charge in [0.05, 0.1) is 0 Å². The van der Waals surface area contributed by atoms with E-state index in [-0.39, 0.29) is 0 Å². The molecule has 0 heterocycles. The lowest BCUT2D eigenvalue weighted by Crippen LogP contribution is -1.80. The van der Waals surface area contributed by atoms with Gasteiger partial charge in [-0.1, -0.05) is 64.1 Å². The van der Waals surface area contributed by atoms with E-state index in [2.05, 4.69) is 50.2 Å². The third-order valence-corrected chi connectivity index (χ3v) is 2.36. The molecule has 0 fully saturated rings. The van der Waals surface area contributed by atoms with Crippen molar-refractivity contribution < 1.29 is 0 Å². The fraction of sp³-hybridized carbons (Fsp3) is 0.375. The summed E-state index contributed by atoms with van der Waals surface area (Å²) in [7, 11) is 0. The number of rotatable bonds is 0. The Labute approximate surface area is 100 Å². The lowest BCUT2D eigenvalue weighted by molar-refractivity contribution is 1.48. The van der Waals surface area contributed by atoms with Gasteiger partial charge in [-0.15, -0.1) is 0 Å². The lowest BCUT2D eigenvalue weighted by atomic mass is 10.0. The second kappa shape index (κ2) is 7.92. The van der Waals surface area contributed by atoms with Gasteiger partial charge >= 0.3 is 0 Å². The number of hydrogen-bond donors (Lipinski definition) is 0. The topological polar surface area (TPSA) is 0 Å². The van der Waals surface area contributed by atoms with E-state index in [1.54, 1.807) is 0 Å². The SMILES string of the molecule is CC.CC.Cc1cccc2c(C)cccc12. The van der Waals surface area contributed by atoms with Crippen molar-refractivity contribution in [3.63, 3.8) is 0 Å². The van der Waals surface area contributed by atoms with Crippen LogP contribution in [0.5, 0.6) is 0 Å². The zero-order valence-electron chi connectivity index (χ0n) is 11.5. The Hall–Kier alpha value is -1.30. The van der Waals surface area contributed by atoms with Gasteiger partial charge in [0.15, 0.2) is 0 Å². The standard InChI is InChI=1S/C12H12.2C2H6/c1-9-5-3-8-12-10(2)6-4-7-11(9)12;2*1-2/h3-8H,1-2H3;2*1-2H3. The molecule has 0 aliphatic carbocycles. The summed E-state index contributed by atoms with van der Waals surface area (Å²) >= 11 is 0. The molecule has 0 bridgehead atoms. The first-order valence-electron chi connectivity index (χ1n) is 6.24. The van der Waals surface area contributed by atoms with E-state index in [1.165, 1.54) is 21.9 Å². The first-order valence-corrected chi connectivity index (χ1v) is 6.24. The van der Waals surface area contributed by atoms with Gasteiger partial charge < -0.3 is 0 Å². The summed E-state index contributed by atoms with van der Waals surface area (Å²) in [5.41, 5.74) is 2.72. The predicted molar refractivity (Wildman–Crippen MR) is 76.1 cm³/mol. The van der Waals surface area contributed by atoms with Crippen LogP contribution in [0.3, 0.4) is 0 Å². The Bertz CT molecular complexity index is 372. The van der Waals surface area contributed by atoms with E-state index < -0.39 is 0 Å². The summed E-state index contributed by atoms with van der Waals surface area (Å²) in [5.74, 6) is 0. The maximum Gasteiger partial charge on any atom is -0.0152 e. The van der Waals surface area contributed by atoms with Crippen LogP contribution in [0.2, 0.25) is 0 Å². The van der Waals surface area contributed by atoms with Crippen molar-refractivity contribution in [2.45, 2.75) is 41.5 Å². The molecule has 2 rings (SSSR count). The van der Waals surface area contributed by atoms with Crippen LogP contribution < -0.4 is 0 Å². The fourth-order valence-electron chi connectivity index (χ4n) is 1.62. The molecule has 0 saturated heterocycles. The first kappa shape index (κ1) is 14.7. The van der Waals surface area contributed by atoms with Crippen LogP contribution >= 0.6 is 0 Å². The molecule has 2 aromatic carbocycles. The molecule has 0 saturated carbocycles. The van der Waals surface area contributed by atoms with Gasteiger partial charge in [-0.05, 0) is 35.7 Å². The third-order valence-electron chi connectivity index (χ3n) is 2.36. The normalized spacial score (nSPS) is 8.62. The molecule has 0 aliphatic rings. The highest BCUT2D eigenvalue weighted by Gasteiger charge is 1.96. The second-order valence-corrected chi connectivity index (χ2v) is 3.24. The van der Waals surface area contributed by atoms with E-state index in [9.17, 15) is 0 Å². The Morgan fingerprint density at radius 3 is 1.19 bits per heavy atom. The van der Waals surface area contributed by atoms with E-state index in [0.29, 0.717) is 0 Å². The van der Waals surface area contributed by atoms with Gasteiger partial charge in [0.2, 0.25) is 0 Å². The Morgan fingerprint density at radius 1 is 0.562 bits per heavy atom. The highest BCUT2D eigenvalue weighted by molar-refractivity contribution is 5.88. The predicted octanol–water partition coefficient (Wildman–Crippen LogP) is 5.51. The molecular formula is C16H24. The maximum absolute atomic E-state index is 2.18. The minimum absolute atomic E-state index is 1.36. The molecule has 0 spiro atoms. The van der Waals surface area contributed by atoms with Gasteiger partial charge in [0.25, 0.3) is 0 Å². The van der Waals surface area contributed by atoms with Gasteiger partial charge in [0, 0.05) is 0 Å². The van der Waals surface area contributed by atoms with Crippen molar-refractivity contribution in [2.75, 3.05) is 0 Å². The smallest absolute Gasteiger partial charge is 0.0152 e. The van der Waals surface area contributed by atoms with Crippen LogP contribution in [0.25, 0.3) is 10.8 Å². The van der Waals surface area contributed by atoms with Gasteiger partial charge in [-0.2, -0.15) is 0 Å². The quantitative estimate of drug-likeness (QED) is 0.544. The average molecular weight is 216 g/mol. The second-order valence-electron chi connectivity index (χ2n) is 3.24. The molecule has 0 aliphatic heterocycles. The number of fused-ring (bicyclic) bond motifs is 1. The Balaban J connectivity index is 0.000000509. The molecular weight excluding hydrogens is 192 g/mol. The molecule has 0 aromatic heterocycles.